The summed E-state index contributed by atoms with van der Waals surface area (Å²) >= 11 is 0. The van der Waals surface area contributed by atoms with Gasteiger partial charge in [-0.3, -0.25) is 0 Å². The fraction of sp³-hybridized carbons (Fsp3) is 0.625. The van der Waals surface area contributed by atoms with Gasteiger partial charge in [0, 0.05) is 13.5 Å². The van der Waals surface area contributed by atoms with Gasteiger partial charge in [-0.25, -0.2) is 0 Å². The Hall–Kier alpha value is -0.860. The molecule has 1 aromatic carbocycles. The minimum absolute atomic E-state index is 0.0616. The van der Waals surface area contributed by atoms with Crippen LogP contribution in [0.3, 0.4) is 0 Å². The molecule has 0 radical (unpaired) electrons. The van der Waals surface area contributed by atoms with Crippen LogP contribution in [-0.4, -0.2) is 24.4 Å². The van der Waals surface area contributed by atoms with Gasteiger partial charge in [-0.15, -0.1) is 0 Å². The quantitative estimate of drug-likeness (QED) is 0.888. The summed E-state index contributed by atoms with van der Waals surface area (Å²) in [5.41, 5.74) is 3.65. The molecule has 0 amide bonds. The Kier molecular flexibility index (Phi) is 4.94. The van der Waals surface area contributed by atoms with Crippen LogP contribution in [0.2, 0.25) is 0 Å². The highest BCUT2D eigenvalue weighted by Crippen LogP contribution is 2.26. The highest BCUT2D eigenvalue weighted by atomic mass is 16.5. The third kappa shape index (κ3) is 3.82. The van der Waals surface area contributed by atoms with Gasteiger partial charge >= 0.3 is 0 Å². The fourth-order valence-corrected chi connectivity index (χ4v) is 2.37. The lowest BCUT2D eigenvalue weighted by Gasteiger charge is -2.33. The van der Waals surface area contributed by atoms with E-state index < -0.39 is 6.10 Å². The first-order valence-electron chi connectivity index (χ1n) is 6.52. The summed E-state index contributed by atoms with van der Waals surface area (Å²) in [6.45, 7) is 10.5. The van der Waals surface area contributed by atoms with Crippen LogP contribution in [-0.2, 0) is 11.2 Å². The van der Waals surface area contributed by atoms with Crippen molar-refractivity contribution in [2.24, 2.45) is 5.41 Å². The van der Waals surface area contributed by atoms with E-state index in [2.05, 4.69) is 52.8 Å². The molecule has 0 spiro atoms. The lowest BCUT2D eigenvalue weighted by molar-refractivity contribution is -0.0699. The Balaban J connectivity index is 2.80. The smallest absolute Gasteiger partial charge is 0.0881 e. The summed E-state index contributed by atoms with van der Waals surface area (Å²) in [7, 11) is 1.67. The maximum atomic E-state index is 10.3. The lowest BCUT2D eigenvalue weighted by atomic mass is 9.83. The van der Waals surface area contributed by atoms with E-state index in [9.17, 15) is 5.11 Å². The van der Waals surface area contributed by atoms with Crippen LogP contribution in [0.5, 0.6) is 0 Å². The molecule has 1 aromatic rings. The normalized spacial score (nSPS) is 15.5. The molecule has 2 nitrogen and oxygen atoms in total. The first kappa shape index (κ1) is 15.2. The summed E-state index contributed by atoms with van der Waals surface area (Å²) in [6, 6.07) is 6.34. The summed E-state index contributed by atoms with van der Waals surface area (Å²) < 4.78 is 5.45. The van der Waals surface area contributed by atoms with Gasteiger partial charge in [0.1, 0.15) is 0 Å². The average molecular weight is 250 g/mol. The predicted octanol–water partition coefficient (Wildman–Crippen LogP) is 3.27. The standard InChI is InChI=1S/C16H26O2/c1-11-7-8-13(9-12(11)2)10-14(17)15(18-6)16(3,4)5/h7-9,14-15,17H,10H2,1-6H3. The van der Waals surface area contributed by atoms with Gasteiger partial charge in [0.15, 0.2) is 0 Å². The van der Waals surface area contributed by atoms with Crippen molar-refractivity contribution in [3.8, 4) is 0 Å². The topological polar surface area (TPSA) is 29.5 Å². The molecule has 1 N–H and O–H groups in total. The second-order valence-electron chi connectivity index (χ2n) is 6.21. The monoisotopic (exact) mass is 250 g/mol. The van der Waals surface area contributed by atoms with Crippen molar-refractivity contribution in [3.63, 3.8) is 0 Å². The zero-order valence-corrected chi connectivity index (χ0v) is 12.4. The molecule has 0 aliphatic heterocycles. The van der Waals surface area contributed by atoms with Crippen LogP contribution in [0.4, 0.5) is 0 Å². The molecule has 0 aromatic heterocycles. The Morgan fingerprint density at radius 3 is 2.22 bits per heavy atom. The van der Waals surface area contributed by atoms with Gasteiger partial charge in [-0.05, 0) is 36.0 Å². The Labute approximate surface area is 111 Å². The van der Waals surface area contributed by atoms with E-state index in [4.69, 9.17) is 4.74 Å². The average Bonchev–Trinajstić information content (AvgIpc) is 2.22. The van der Waals surface area contributed by atoms with Crippen LogP contribution in [0.1, 0.15) is 37.5 Å². The first-order valence-corrected chi connectivity index (χ1v) is 6.52. The molecule has 0 saturated heterocycles. The third-order valence-electron chi connectivity index (χ3n) is 3.47. The molecular weight excluding hydrogens is 224 g/mol. The number of ether oxygens (including phenoxy) is 1. The zero-order valence-electron chi connectivity index (χ0n) is 12.4. The fourth-order valence-electron chi connectivity index (χ4n) is 2.37. The SMILES string of the molecule is COC(C(O)Cc1ccc(C)c(C)c1)C(C)(C)C. The number of rotatable bonds is 4. The summed E-state index contributed by atoms with van der Waals surface area (Å²) in [4.78, 5) is 0. The van der Waals surface area contributed by atoms with Gasteiger partial charge in [0.05, 0.1) is 12.2 Å². The van der Waals surface area contributed by atoms with E-state index in [1.54, 1.807) is 7.11 Å². The molecule has 2 atom stereocenters. The molecule has 18 heavy (non-hydrogen) atoms. The number of hydrogen-bond donors (Lipinski definition) is 1. The number of hydrogen-bond acceptors (Lipinski definition) is 2. The van der Waals surface area contributed by atoms with Crippen LogP contribution in [0, 0.1) is 19.3 Å². The largest absolute Gasteiger partial charge is 0.390 e. The van der Waals surface area contributed by atoms with Crippen molar-refractivity contribution in [2.75, 3.05) is 7.11 Å². The van der Waals surface area contributed by atoms with Crippen LogP contribution in [0.25, 0.3) is 0 Å². The zero-order chi connectivity index (χ0) is 13.9. The van der Waals surface area contributed by atoms with Crippen LogP contribution in [0.15, 0.2) is 18.2 Å². The highest BCUT2D eigenvalue weighted by molar-refractivity contribution is 5.30. The van der Waals surface area contributed by atoms with E-state index in [0.29, 0.717) is 6.42 Å². The van der Waals surface area contributed by atoms with Gasteiger partial charge in [-0.2, -0.15) is 0 Å². The van der Waals surface area contributed by atoms with Gasteiger partial charge in [0.25, 0.3) is 0 Å². The maximum absolute atomic E-state index is 10.3. The van der Waals surface area contributed by atoms with Crippen molar-refractivity contribution in [2.45, 2.75) is 53.2 Å². The number of methoxy groups -OCH3 is 1. The lowest BCUT2D eigenvalue weighted by Crippen LogP contribution is -2.40. The summed E-state index contributed by atoms with van der Waals surface area (Å²) in [5, 5.41) is 10.3. The molecular formula is C16H26O2. The Morgan fingerprint density at radius 2 is 1.78 bits per heavy atom. The van der Waals surface area contributed by atoms with Crippen molar-refractivity contribution >= 4 is 0 Å². The first-order chi connectivity index (χ1) is 8.25. The second-order valence-corrected chi connectivity index (χ2v) is 6.21. The summed E-state index contributed by atoms with van der Waals surface area (Å²) in [6.07, 6.45) is 0.00731. The van der Waals surface area contributed by atoms with Crippen molar-refractivity contribution < 1.29 is 9.84 Å². The van der Waals surface area contributed by atoms with Crippen molar-refractivity contribution in [1.82, 2.24) is 0 Å². The molecule has 102 valence electrons. The van der Waals surface area contributed by atoms with E-state index in [0.717, 1.165) is 5.56 Å². The molecule has 0 saturated carbocycles. The summed E-state index contributed by atoms with van der Waals surface area (Å²) in [5.74, 6) is 0. The van der Waals surface area contributed by atoms with E-state index >= 15 is 0 Å². The number of aryl methyl sites for hydroxylation is 2. The van der Waals surface area contributed by atoms with Gasteiger partial charge in [0.2, 0.25) is 0 Å². The Bertz CT molecular complexity index is 391. The Morgan fingerprint density at radius 1 is 1.17 bits per heavy atom. The molecule has 2 heteroatoms. The molecule has 0 aliphatic carbocycles. The second kappa shape index (κ2) is 5.85. The predicted molar refractivity (Wildman–Crippen MR) is 75.9 cm³/mol. The van der Waals surface area contributed by atoms with Crippen molar-refractivity contribution in [3.05, 3.63) is 34.9 Å². The van der Waals surface area contributed by atoms with Crippen LogP contribution < -0.4 is 0 Å². The van der Waals surface area contributed by atoms with Gasteiger partial charge in [-0.1, -0.05) is 39.0 Å². The molecule has 2 unspecified atom stereocenters. The van der Waals surface area contributed by atoms with E-state index in [1.165, 1.54) is 11.1 Å². The maximum Gasteiger partial charge on any atom is 0.0881 e. The third-order valence-corrected chi connectivity index (χ3v) is 3.47. The molecule has 0 heterocycles. The minimum atomic E-state index is -0.475. The molecule has 0 aliphatic rings. The van der Waals surface area contributed by atoms with Crippen LogP contribution >= 0.6 is 0 Å². The van der Waals surface area contributed by atoms with E-state index in [1.807, 2.05) is 0 Å². The number of aliphatic hydroxyl groups excluding tert-OH is 1. The van der Waals surface area contributed by atoms with Gasteiger partial charge < -0.3 is 9.84 Å². The molecule has 0 fully saturated rings. The molecule has 0 bridgehead atoms. The van der Waals surface area contributed by atoms with E-state index in [-0.39, 0.29) is 11.5 Å². The minimum Gasteiger partial charge on any atom is -0.390 e. The van der Waals surface area contributed by atoms with Crippen molar-refractivity contribution in [1.29, 1.82) is 0 Å². The number of aliphatic hydroxyl groups is 1. The number of benzene rings is 1. The highest BCUT2D eigenvalue weighted by Gasteiger charge is 2.31. The molecule has 1 rings (SSSR count).